The van der Waals surface area contributed by atoms with Gasteiger partial charge in [0.25, 0.3) is 11.6 Å². The van der Waals surface area contributed by atoms with Crippen molar-refractivity contribution in [3.8, 4) is 0 Å². The van der Waals surface area contributed by atoms with Gasteiger partial charge < -0.3 is 0 Å². The minimum absolute atomic E-state index is 0.0862. The minimum atomic E-state index is -1.38. The lowest BCUT2D eigenvalue weighted by Gasteiger charge is -2.01. The number of Topliss-reactive ketones (excluding diaryl/α,β-unsaturated/α-hetero) is 2. The first-order valence-electron chi connectivity index (χ1n) is 5.70. The molecule has 2 rings (SSSR count). The van der Waals surface area contributed by atoms with E-state index in [1.807, 2.05) is 0 Å². The van der Waals surface area contributed by atoms with Crippen LogP contribution >= 0.6 is 11.3 Å². The second-order valence-electron chi connectivity index (χ2n) is 3.74. The van der Waals surface area contributed by atoms with Crippen molar-refractivity contribution in [1.29, 1.82) is 0 Å². The number of hydrogen-bond acceptors (Lipinski definition) is 7. The highest BCUT2D eigenvalue weighted by Gasteiger charge is 2.25. The molecule has 0 aliphatic carbocycles. The van der Waals surface area contributed by atoms with Gasteiger partial charge in [-0.25, -0.2) is 19.4 Å². The molecule has 21 heavy (non-hydrogen) atoms. The van der Waals surface area contributed by atoms with E-state index < -0.39 is 23.5 Å². The summed E-state index contributed by atoms with van der Waals surface area (Å²) >= 11 is 1.04. The van der Waals surface area contributed by atoms with E-state index in [2.05, 4.69) is 9.78 Å². The maximum absolute atomic E-state index is 11.6. The number of benzene rings is 1. The second-order valence-corrected chi connectivity index (χ2v) is 4.69. The molecule has 0 fully saturated rings. The highest BCUT2D eigenvalue weighted by molar-refractivity contribution is 7.12. The van der Waals surface area contributed by atoms with E-state index in [4.69, 9.17) is 0 Å². The molecule has 6 nitrogen and oxygen atoms in total. The lowest BCUT2D eigenvalue weighted by atomic mass is 10.1. The van der Waals surface area contributed by atoms with Gasteiger partial charge in [0.1, 0.15) is 0 Å². The summed E-state index contributed by atoms with van der Waals surface area (Å²) < 4.78 is 0. The van der Waals surface area contributed by atoms with E-state index in [-0.39, 0.29) is 10.4 Å². The Morgan fingerprint density at radius 1 is 0.762 bits per heavy atom. The summed E-state index contributed by atoms with van der Waals surface area (Å²) in [5, 5.41) is 1.60. The molecule has 0 radical (unpaired) electrons. The Morgan fingerprint density at radius 3 is 1.95 bits per heavy atom. The third kappa shape index (κ3) is 3.61. The third-order valence-corrected chi connectivity index (χ3v) is 3.21. The second kappa shape index (κ2) is 6.58. The van der Waals surface area contributed by atoms with Crippen molar-refractivity contribution >= 4 is 34.8 Å². The summed E-state index contributed by atoms with van der Waals surface area (Å²) in [6, 6.07) is 10.6. The molecule has 1 heterocycles. The van der Waals surface area contributed by atoms with E-state index in [0.29, 0.717) is 0 Å². The number of carbonyl (C=O) groups is 4. The Bertz CT molecular complexity index is 675. The lowest BCUT2D eigenvalue weighted by Crippen LogP contribution is -2.23. The quantitative estimate of drug-likeness (QED) is 0.370. The molecule has 0 atom stereocenters. The van der Waals surface area contributed by atoms with Crippen molar-refractivity contribution in [2.75, 3.05) is 0 Å². The number of ketones is 2. The van der Waals surface area contributed by atoms with Crippen LogP contribution in [0.4, 0.5) is 0 Å². The predicted octanol–water partition coefficient (Wildman–Crippen LogP) is 1.82. The van der Waals surface area contributed by atoms with Crippen molar-refractivity contribution < 1.29 is 29.0 Å². The van der Waals surface area contributed by atoms with Gasteiger partial charge >= 0.3 is 11.9 Å². The average Bonchev–Trinajstić information content (AvgIpc) is 3.06. The fourth-order valence-electron chi connectivity index (χ4n) is 1.37. The Labute approximate surface area is 122 Å². The first-order chi connectivity index (χ1) is 10.1. The summed E-state index contributed by atoms with van der Waals surface area (Å²) in [6.07, 6.45) is 0. The third-order valence-electron chi connectivity index (χ3n) is 2.34. The van der Waals surface area contributed by atoms with Crippen LogP contribution in [0.5, 0.6) is 0 Å². The van der Waals surface area contributed by atoms with Crippen LogP contribution in [-0.2, 0) is 19.4 Å². The van der Waals surface area contributed by atoms with Crippen molar-refractivity contribution in [3.05, 3.63) is 58.3 Å². The van der Waals surface area contributed by atoms with E-state index >= 15 is 0 Å². The summed E-state index contributed by atoms with van der Waals surface area (Å²) in [4.78, 5) is 54.2. The molecular weight excluding hydrogens is 296 g/mol. The SMILES string of the molecule is O=C(OOC(=O)C(=O)c1cccs1)C(=O)c1ccccc1. The first-order valence-corrected chi connectivity index (χ1v) is 6.58. The van der Waals surface area contributed by atoms with Crippen LogP contribution in [0.2, 0.25) is 0 Å². The molecule has 0 N–H and O–H groups in total. The van der Waals surface area contributed by atoms with Gasteiger partial charge in [-0.05, 0) is 11.4 Å². The highest BCUT2D eigenvalue weighted by atomic mass is 32.1. The molecule has 1 aromatic heterocycles. The van der Waals surface area contributed by atoms with E-state index in [0.717, 1.165) is 11.3 Å². The van der Waals surface area contributed by atoms with E-state index in [1.165, 1.54) is 18.2 Å². The Balaban J connectivity index is 1.91. The molecule has 0 bridgehead atoms. The molecule has 0 spiro atoms. The van der Waals surface area contributed by atoms with E-state index in [1.54, 1.807) is 29.6 Å². The van der Waals surface area contributed by atoms with E-state index in [9.17, 15) is 19.2 Å². The number of hydrogen-bond donors (Lipinski definition) is 0. The van der Waals surface area contributed by atoms with Crippen LogP contribution in [0.25, 0.3) is 0 Å². The fraction of sp³-hybridized carbons (Fsp3) is 0. The Morgan fingerprint density at radius 2 is 1.38 bits per heavy atom. The number of thiophene rings is 1. The zero-order valence-corrected chi connectivity index (χ0v) is 11.3. The van der Waals surface area contributed by atoms with Crippen LogP contribution in [0, 0.1) is 0 Å². The molecule has 0 aliphatic rings. The van der Waals surface area contributed by atoms with Crippen LogP contribution in [0.1, 0.15) is 20.0 Å². The molecule has 7 heteroatoms. The molecule has 0 aliphatic heterocycles. The minimum Gasteiger partial charge on any atom is -0.281 e. The van der Waals surface area contributed by atoms with Gasteiger partial charge in [-0.3, -0.25) is 9.59 Å². The van der Waals surface area contributed by atoms with Gasteiger partial charge in [-0.1, -0.05) is 36.4 Å². The number of rotatable bonds is 4. The molecule has 1 aromatic carbocycles. The molecule has 0 unspecified atom stereocenters. The molecular formula is C14H8O6S. The highest BCUT2D eigenvalue weighted by Crippen LogP contribution is 2.10. The monoisotopic (exact) mass is 304 g/mol. The van der Waals surface area contributed by atoms with Gasteiger partial charge in [0.05, 0.1) is 4.88 Å². The zero-order valence-electron chi connectivity index (χ0n) is 10.5. The van der Waals surface area contributed by atoms with Crippen molar-refractivity contribution in [3.63, 3.8) is 0 Å². The summed E-state index contributed by atoms with van der Waals surface area (Å²) in [5.41, 5.74) is 0.0862. The van der Waals surface area contributed by atoms with Crippen LogP contribution < -0.4 is 0 Å². The van der Waals surface area contributed by atoms with Crippen molar-refractivity contribution in [1.82, 2.24) is 0 Å². The molecule has 0 saturated heterocycles. The van der Waals surface area contributed by atoms with Gasteiger partial charge in [0, 0.05) is 5.56 Å². The van der Waals surface area contributed by atoms with Gasteiger partial charge in [-0.2, -0.15) is 0 Å². The summed E-state index contributed by atoms with van der Waals surface area (Å²) in [7, 11) is 0. The van der Waals surface area contributed by atoms with Crippen molar-refractivity contribution in [2.45, 2.75) is 0 Å². The zero-order chi connectivity index (χ0) is 15.2. The summed E-state index contributed by atoms with van der Waals surface area (Å²) in [5.74, 6) is -4.68. The lowest BCUT2D eigenvalue weighted by molar-refractivity contribution is -0.249. The predicted molar refractivity (Wildman–Crippen MR) is 71.6 cm³/mol. The maximum Gasteiger partial charge on any atom is 0.427 e. The Hall–Kier alpha value is -2.80. The smallest absolute Gasteiger partial charge is 0.281 e. The molecule has 0 saturated carbocycles. The van der Waals surface area contributed by atoms with Gasteiger partial charge in [0.15, 0.2) is 0 Å². The van der Waals surface area contributed by atoms with Crippen LogP contribution in [-0.4, -0.2) is 23.5 Å². The Kier molecular flexibility index (Phi) is 4.57. The topological polar surface area (TPSA) is 86.7 Å². The largest absolute Gasteiger partial charge is 0.427 e. The van der Waals surface area contributed by atoms with Gasteiger partial charge in [-0.15, -0.1) is 11.3 Å². The average molecular weight is 304 g/mol. The molecule has 0 amide bonds. The van der Waals surface area contributed by atoms with Gasteiger partial charge in [0.2, 0.25) is 0 Å². The number of carbonyl (C=O) groups excluding carboxylic acids is 4. The normalized spacial score (nSPS) is 9.71. The molecule has 2 aromatic rings. The van der Waals surface area contributed by atoms with Crippen LogP contribution in [0.3, 0.4) is 0 Å². The first kappa shape index (κ1) is 14.6. The summed E-state index contributed by atoms with van der Waals surface area (Å²) in [6.45, 7) is 0. The molecule has 106 valence electrons. The maximum atomic E-state index is 11.6. The van der Waals surface area contributed by atoms with Crippen molar-refractivity contribution in [2.24, 2.45) is 0 Å². The fourth-order valence-corrected chi connectivity index (χ4v) is 2.02. The van der Waals surface area contributed by atoms with Crippen LogP contribution in [0.15, 0.2) is 47.8 Å². The standard InChI is InChI=1S/C14H8O6S/c15-11(9-5-2-1-3-6-9)13(17)19-20-14(18)12(16)10-7-4-8-21-10/h1-8H.